The Morgan fingerprint density at radius 1 is 0.363 bits per heavy atom. The van der Waals surface area contributed by atoms with Crippen LogP contribution in [-0.2, 0) is 38.9 Å². The number of nitrogens with zero attached hydrogens (tertiary/aromatic N) is 25. The van der Waals surface area contributed by atoms with E-state index in [0.717, 1.165) is 207 Å². The number of piperidine rings is 3. The zero-order valence-corrected chi connectivity index (χ0v) is 70.9. The molecule has 29 nitrogen and oxygen atoms in total. The maximum Gasteiger partial charge on any atom is 0.212 e. The molecule has 9 aliphatic rings. The lowest BCUT2D eigenvalue weighted by Gasteiger charge is -2.56. The number of rotatable bonds is 22. The van der Waals surface area contributed by atoms with Gasteiger partial charge in [0.05, 0.1) is 58.9 Å². The first-order chi connectivity index (χ1) is 60.4. The molecule has 6 atom stereocenters. The minimum atomic E-state index is -0.350. The summed E-state index contributed by atoms with van der Waals surface area (Å²) in [6.45, 7) is 24.4. The van der Waals surface area contributed by atoms with Crippen molar-refractivity contribution in [3.63, 3.8) is 0 Å². The van der Waals surface area contributed by atoms with Gasteiger partial charge in [-0.15, -0.1) is 0 Å². The van der Waals surface area contributed by atoms with E-state index < -0.39 is 0 Å². The number of hydrogen-bond donors (Lipinski definition) is 3. The normalized spacial score (nSPS) is 18.3. The first-order valence-electron chi connectivity index (χ1n) is 42.3. The summed E-state index contributed by atoms with van der Waals surface area (Å²) in [5.74, 6) is 6.21. The lowest BCUT2D eigenvalue weighted by atomic mass is 9.87. The van der Waals surface area contributed by atoms with Crippen LogP contribution in [0.15, 0.2) is 189 Å². The van der Waals surface area contributed by atoms with Crippen molar-refractivity contribution in [3.05, 3.63) is 291 Å². The molecule has 0 saturated carbocycles. The summed E-state index contributed by atoms with van der Waals surface area (Å²) < 4.78 is 20.7. The summed E-state index contributed by atoms with van der Waals surface area (Å²) in [6.07, 6.45) is 22.1. The van der Waals surface area contributed by atoms with Crippen LogP contribution in [0.4, 0.5) is 21.8 Å². The van der Waals surface area contributed by atoms with Crippen molar-refractivity contribution in [1.82, 2.24) is 125 Å². The summed E-state index contributed by atoms with van der Waals surface area (Å²) in [7, 11) is 1.62. The van der Waals surface area contributed by atoms with Gasteiger partial charge >= 0.3 is 0 Å². The van der Waals surface area contributed by atoms with E-state index in [2.05, 4.69) is 167 Å². The van der Waals surface area contributed by atoms with Crippen LogP contribution in [0.2, 0.25) is 0 Å². The Balaban J connectivity index is 0.000000122. The zero-order chi connectivity index (χ0) is 84.6. The van der Waals surface area contributed by atoms with Crippen LogP contribution in [0, 0.1) is 61.2 Å². The van der Waals surface area contributed by atoms with Crippen molar-refractivity contribution in [2.24, 2.45) is 0 Å². The van der Waals surface area contributed by atoms with E-state index in [1.165, 1.54) is 42.7 Å². The fourth-order valence-corrected chi connectivity index (χ4v) is 18.0. The van der Waals surface area contributed by atoms with E-state index in [0.29, 0.717) is 78.9 Å². The van der Waals surface area contributed by atoms with E-state index in [9.17, 15) is 4.39 Å². The van der Waals surface area contributed by atoms with Gasteiger partial charge in [0.15, 0.2) is 23.3 Å². The van der Waals surface area contributed by atoms with Gasteiger partial charge in [0.25, 0.3) is 0 Å². The first kappa shape index (κ1) is 80.0. The topological polar surface area (TPSA) is 313 Å². The second kappa shape index (κ2) is 34.7. The Hall–Kier alpha value is -13.7. The van der Waals surface area contributed by atoms with Crippen molar-refractivity contribution < 1.29 is 9.13 Å². The molecule has 24 heterocycles. The van der Waals surface area contributed by atoms with Gasteiger partial charge in [-0.05, 0) is 201 Å². The van der Waals surface area contributed by atoms with Crippen LogP contribution in [0.25, 0.3) is 62.5 Å². The Labute approximate surface area is 718 Å². The van der Waals surface area contributed by atoms with Crippen molar-refractivity contribution >= 4 is 17.5 Å². The minimum absolute atomic E-state index is 0.350. The monoisotopic (exact) mass is 1650 g/mol. The SMILES string of the molecule is COc1ccc(-c2ccc(CN3C4CC3CN(c3ccc(-c5nc(C)cc(Cc6cc(C)[nH]n6)n5)cn3)C4)cn2)cn1.Cc1cc(Cc2cc(C)[nH]n2)nc(-c2ccc(N3CC4CC(C3)N4Cc3ccc(-c4cc(F)cnc4C)nc3)nc2)n1.Cc1cc(Cc2cc(C)[nH]n2)nc(-c2ccc(N3CC4CC(C3)N4Cc3ccc(-n4nccc4C)nc3)nc2)n1. The van der Waals surface area contributed by atoms with Crippen LogP contribution < -0.4 is 19.4 Å². The zero-order valence-electron chi connectivity index (χ0n) is 70.9. The van der Waals surface area contributed by atoms with Gasteiger partial charge in [-0.3, -0.25) is 44.9 Å². The molecular formula is C94H97FN28O. The highest BCUT2D eigenvalue weighted by Crippen LogP contribution is 2.40. The second-order valence-corrected chi connectivity index (χ2v) is 33.6. The molecule has 0 aliphatic carbocycles. The average Bonchev–Trinajstić information content (AvgIpc) is 0.767. The summed E-state index contributed by atoms with van der Waals surface area (Å²) in [5.41, 5.74) is 23.3. The molecule has 6 bridgehead atoms. The third-order valence-corrected chi connectivity index (χ3v) is 24.3. The van der Waals surface area contributed by atoms with Gasteiger partial charge in [0.2, 0.25) is 5.88 Å². The van der Waals surface area contributed by atoms with E-state index in [-0.39, 0.29) is 5.82 Å². The third-order valence-electron chi connectivity index (χ3n) is 24.3. The largest absolute Gasteiger partial charge is 0.481 e. The number of pyridine rings is 8. The van der Waals surface area contributed by atoms with Crippen LogP contribution in [0.3, 0.4) is 0 Å². The fourth-order valence-electron chi connectivity index (χ4n) is 18.0. The maximum atomic E-state index is 13.7. The molecular weight excluding hydrogens is 1560 g/mol. The number of piperazine rings is 3. The Morgan fingerprint density at radius 3 is 1.09 bits per heavy atom. The molecule has 15 aromatic heterocycles. The third kappa shape index (κ3) is 17.8. The number of ether oxygens (including phenoxy) is 1. The van der Waals surface area contributed by atoms with Crippen LogP contribution in [0.5, 0.6) is 5.88 Å². The van der Waals surface area contributed by atoms with Gasteiger partial charge in [-0.2, -0.15) is 20.4 Å². The number of hydrogen-bond acceptors (Lipinski definition) is 25. The maximum absolute atomic E-state index is 13.7. The molecule has 6 unspecified atom stereocenters. The van der Waals surface area contributed by atoms with E-state index in [4.69, 9.17) is 39.6 Å². The molecule has 626 valence electrons. The predicted molar refractivity (Wildman–Crippen MR) is 471 cm³/mol. The summed E-state index contributed by atoms with van der Waals surface area (Å²) in [5, 5.41) is 26.4. The number of aromatic nitrogens is 22. The summed E-state index contributed by atoms with van der Waals surface area (Å²) in [4.78, 5) is 80.2. The highest BCUT2D eigenvalue weighted by Gasteiger charge is 2.47. The van der Waals surface area contributed by atoms with Crippen LogP contribution in [-0.4, -0.2) is 207 Å². The Bertz CT molecular complexity index is 6220. The number of anilines is 3. The van der Waals surface area contributed by atoms with Gasteiger partial charge in [-0.25, -0.2) is 63.9 Å². The van der Waals surface area contributed by atoms with Gasteiger partial charge in [0, 0.05) is 243 Å². The van der Waals surface area contributed by atoms with Crippen LogP contribution >= 0.6 is 0 Å². The van der Waals surface area contributed by atoms with Crippen molar-refractivity contribution in [1.29, 1.82) is 0 Å². The quantitative estimate of drug-likeness (QED) is 0.0567. The fraction of sp³-hybridized carbons (Fsp3) is 0.319. The molecule has 30 heteroatoms. The molecule has 0 spiro atoms. The molecule has 124 heavy (non-hydrogen) atoms. The van der Waals surface area contributed by atoms with Crippen molar-refractivity contribution in [2.75, 3.05) is 61.1 Å². The number of fused-ring (bicyclic) bond motifs is 6. The number of aromatic amines is 3. The van der Waals surface area contributed by atoms with E-state index in [1.54, 1.807) is 19.5 Å². The molecule has 0 aromatic carbocycles. The van der Waals surface area contributed by atoms with Gasteiger partial charge < -0.3 is 19.4 Å². The molecule has 9 fully saturated rings. The predicted octanol–water partition coefficient (Wildman–Crippen LogP) is 13.1. The first-order valence-corrected chi connectivity index (χ1v) is 42.3. The van der Waals surface area contributed by atoms with Crippen molar-refractivity contribution in [3.8, 4) is 68.4 Å². The lowest BCUT2D eigenvalue weighted by Crippen LogP contribution is -2.68. The van der Waals surface area contributed by atoms with Gasteiger partial charge in [-0.1, -0.05) is 18.2 Å². The molecule has 9 aliphatic heterocycles. The lowest BCUT2D eigenvalue weighted by molar-refractivity contribution is -0.00877. The number of H-pyrrole nitrogens is 3. The standard InChI is InChI=1S/C32H32FN9.C32H33N9O.C30H32N10/c1-19-8-25(11-26-9-20(2)39-40-26)38-32(37-19)23-5-7-31(36-14-23)41-17-27-12-28(18-41)42(27)16-22-4-6-30(35-13-22)29-10-24(33)15-34-21(29)3;1-20-10-25(12-26-11-21(2)38-39-26)37-32(36-20)24-5-8-30(34-16-24)40-18-27-13-28(19-40)41(27)17-22-4-7-29(33-14-22)23-6-9-31(42-3)35-15-23;1-19-10-24(12-25-11-20(2)36-37-25)35-30(34-19)23-5-7-28(32-15-23)38-17-26-13-27(18-38)39(26)16-22-4-6-29(31-14-22)40-21(3)8-9-33-40/h4-10,13-15,27-28H,11-12,16-18H2,1-3H3,(H,39,40);4-11,14-16,27-28H,12-13,17-19H2,1-3H3,(H,38,39);4-11,14-15,26-27H,12-13,16-18H2,1-3H3,(H,36,37). The van der Waals surface area contributed by atoms with Gasteiger partial charge in [0.1, 0.15) is 23.3 Å². The molecule has 15 aromatic rings. The highest BCUT2D eigenvalue weighted by atomic mass is 19.1. The average molecular weight is 1650 g/mol. The number of nitrogens with one attached hydrogen (secondary N) is 3. The van der Waals surface area contributed by atoms with Crippen LogP contribution in [0.1, 0.15) is 116 Å². The molecule has 0 amide bonds. The second-order valence-electron chi connectivity index (χ2n) is 33.6. The summed E-state index contributed by atoms with van der Waals surface area (Å²) >= 11 is 0. The highest BCUT2D eigenvalue weighted by molar-refractivity contribution is 5.64. The molecule has 3 N–H and O–H groups in total. The van der Waals surface area contributed by atoms with Crippen molar-refractivity contribution in [2.45, 2.75) is 150 Å². The Kier molecular flexibility index (Phi) is 22.4. The molecule has 0 radical (unpaired) electrons. The molecule has 24 rings (SSSR count). The minimum Gasteiger partial charge on any atom is -0.481 e. The van der Waals surface area contributed by atoms with E-state index >= 15 is 0 Å². The Morgan fingerprint density at radius 2 is 0.750 bits per heavy atom. The smallest absolute Gasteiger partial charge is 0.212 e. The number of aryl methyl sites for hydroxylation is 8. The number of methoxy groups -OCH3 is 1. The summed E-state index contributed by atoms with van der Waals surface area (Å²) in [6, 6.07) is 47.6. The molecule has 9 saturated heterocycles. The number of halogens is 1. The van der Waals surface area contributed by atoms with E-state index in [1.807, 2.05) is 158 Å².